The van der Waals surface area contributed by atoms with Crippen LogP contribution in [0.25, 0.3) is 0 Å². The zero-order chi connectivity index (χ0) is 9.14. The van der Waals surface area contributed by atoms with Crippen LogP contribution in [0.15, 0.2) is 0 Å². The van der Waals surface area contributed by atoms with Crippen LogP contribution in [0, 0.1) is 17.2 Å². The molecule has 0 spiro atoms. The Balaban J connectivity index is 0.00000144. The number of rotatable bonds is 2. The van der Waals surface area contributed by atoms with E-state index in [1.165, 1.54) is 0 Å². The fourth-order valence-electron chi connectivity index (χ4n) is 1.69. The molecule has 0 heterocycles. The van der Waals surface area contributed by atoms with Gasteiger partial charge in [0.1, 0.15) is 0 Å². The summed E-state index contributed by atoms with van der Waals surface area (Å²) in [5.74, 6) is 0.233. The summed E-state index contributed by atoms with van der Waals surface area (Å²) in [4.78, 5) is 10.8. The molecule has 5 heteroatoms. The third kappa shape index (κ3) is 3.22. The number of carbonyl (C=O) groups is 1. The normalized spacial score (nSPS) is 27.4. The second-order valence-corrected chi connectivity index (χ2v) is 3.41. The molecule has 4 nitrogen and oxygen atoms in total. The fourth-order valence-corrected chi connectivity index (χ4v) is 1.69. The highest BCUT2D eigenvalue weighted by molar-refractivity contribution is 5.85. The molecule has 1 amide bonds. The topological polar surface area (TPSA) is 93.0 Å². The number of hydrogen-bond acceptors (Lipinski definition) is 2. The average Bonchev–Trinajstić information content (AvgIpc) is 2.04. The molecule has 0 aromatic rings. The van der Waals surface area contributed by atoms with Crippen LogP contribution in [0.5, 0.6) is 0 Å². The van der Waals surface area contributed by atoms with E-state index in [0.717, 1.165) is 25.7 Å². The molecule has 1 fully saturated rings. The van der Waals surface area contributed by atoms with E-state index in [1.807, 2.05) is 0 Å². The fraction of sp³-hybridized carbons (Fsp3) is 0.750. The van der Waals surface area contributed by atoms with E-state index in [2.05, 4.69) is 0 Å². The summed E-state index contributed by atoms with van der Waals surface area (Å²) in [6, 6.07) is 0. The van der Waals surface area contributed by atoms with Crippen LogP contribution in [-0.4, -0.2) is 11.7 Å². The molecule has 0 unspecified atom stereocenters. The van der Waals surface area contributed by atoms with Gasteiger partial charge in [0.25, 0.3) is 0 Å². The number of amides is 1. The summed E-state index contributed by atoms with van der Waals surface area (Å²) < 4.78 is 0. The molecule has 1 aliphatic rings. The van der Waals surface area contributed by atoms with Crippen molar-refractivity contribution in [3.63, 3.8) is 0 Å². The predicted octanol–water partition coefficient (Wildman–Crippen LogP) is 0.636. The number of hydrogen-bond donors (Lipinski definition) is 3. The molecule has 5 N–H and O–H groups in total. The Morgan fingerprint density at radius 2 is 1.46 bits per heavy atom. The van der Waals surface area contributed by atoms with Crippen molar-refractivity contribution in [1.29, 1.82) is 5.41 Å². The maximum atomic E-state index is 10.8. The molecule has 0 aromatic carbocycles. The smallest absolute Gasteiger partial charge is 0.220 e. The Morgan fingerprint density at radius 1 is 1.08 bits per heavy atom. The SMILES string of the molecule is Cl.N=C(N)C1CCC(C(N)=O)CC1. The summed E-state index contributed by atoms with van der Waals surface area (Å²) in [7, 11) is 0. The van der Waals surface area contributed by atoms with E-state index in [0.29, 0.717) is 0 Å². The van der Waals surface area contributed by atoms with Gasteiger partial charge in [0.15, 0.2) is 0 Å². The van der Waals surface area contributed by atoms with Crippen LogP contribution in [0.1, 0.15) is 25.7 Å². The van der Waals surface area contributed by atoms with Gasteiger partial charge in [-0.05, 0) is 25.7 Å². The molecule has 0 aliphatic heterocycles. The van der Waals surface area contributed by atoms with Crippen LogP contribution < -0.4 is 11.5 Å². The zero-order valence-electron chi connectivity index (χ0n) is 7.45. The first-order valence-corrected chi connectivity index (χ1v) is 4.24. The van der Waals surface area contributed by atoms with Crippen molar-refractivity contribution in [1.82, 2.24) is 0 Å². The Labute approximate surface area is 84.0 Å². The van der Waals surface area contributed by atoms with Gasteiger partial charge in [-0.15, -0.1) is 12.4 Å². The van der Waals surface area contributed by atoms with Crippen LogP contribution in [0.3, 0.4) is 0 Å². The summed E-state index contributed by atoms with van der Waals surface area (Å²) in [5, 5.41) is 7.22. The first kappa shape index (κ1) is 12.2. The number of nitrogens with two attached hydrogens (primary N) is 2. The lowest BCUT2D eigenvalue weighted by Crippen LogP contribution is -2.32. The molecule has 76 valence electrons. The van der Waals surface area contributed by atoms with Crippen LogP contribution >= 0.6 is 12.4 Å². The average molecular weight is 206 g/mol. The molecule has 0 atom stereocenters. The van der Waals surface area contributed by atoms with Gasteiger partial charge in [-0.25, -0.2) is 0 Å². The monoisotopic (exact) mass is 205 g/mol. The number of carbonyl (C=O) groups excluding carboxylic acids is 1. The molecule has 1 saturated carbocycles. The first-order chi connectivity index (χ1) is 5.61. The van der Waals surface area contributed by atoms with E-state index >= 15 is 0 Å². The standard InChI is InChI=1S/C8H15N3O.ClH/c9-7(10)5-1-3-6(4-2-5)8(11)12;/h5-6H,1-4H2,(H3,9,10)(H2,11,12);1H. The minimum atomic E-state index is -0.211. The summed E-state index contributed by atoms with van der Waals surface area (Å²) in [5.41, 5.74) is 10.5. The molecule has 0 aromatic heterocycles. The Morgan fingerprint density at radius 3 is 1.77 bits per heavy atom. The van der Waals surface area contributed by atoms with E-state index in [9.17, 15) is 4.79 Å². The van der Waals surface area contributed by atoms with Crippen molar-refractivity contribution in [3.8, 4) is 0 Å². The van der Waals surface area contributed by atoms with Gasteiger partial charge in [0.05, 0.1) is 5.84 Å². The summed E-state index contributed by atoms with van der Waals surface area (Å²) in [6.45, 7) is 0. The van der Waals surface area contributed by atoms with Crippen molar-refractivity contribution in [2.45, 2.75) is 25.7 Å². The third-order valence-electron chi connectivity index (χ3n) is 2.57. The summed E-state index contributed by atoms with van der Waals surface area (Å²) >= 11 is 0. The molecular formula is C8H16ClN3O. The molecule has 0 saturated heterocycles. The molecule has 1 aliphatic carbocycles. The second kappa shape index (κ2) is 5.07. The van der Waals surface area contributed by atoms with Crippen molar-refractivity contribution >= 4 is 24.1 Å². The first-order valence-electron chi connectivity index (χ1n) is 4.24. The van der Waals surface area contributed by atoms with Gasteiger partial charge in [-0.2, -0.15) is 0 Å². The van der Waals surface area contributed by atoms with Gasteiger partial charge < -0.3 is 11.5 Å². The molecule has 0 radical (unpaired) electrons. The number of nitrogens with one attached hydrogen (secondary N) is 1. The highest BCUT2D eigenvalue weighted by atomic mass is 35.5. The maximum absolute atomic E-state index is 10.8. The lowest BCUT2D eigenvalue weighted by molar-refractivity contribution is -0.122. The maximum Gasteiger partial charge on any atom is 0.220 e. The Hall–Kier alpha value is -0.770. The van der Waals surface area contributed by atoms with Crippen LogP contribution in [-0.2, 0) is 4.79 Å². The molecule has 1 rings (SSSR count). The largest absolute Gasteiger partial charge is 0.387 e. The van der Waals surface area contributed by atoms with Gasteiger partial charge in [0, 0.05) is 11.8 Å². The lowest BCUT2D eigenvalue weighted by atomic mass is 9.81. The van der Waals surface area contributed by atoms with Crippen LogP contribution in [0.2, 0.25) is 0 Å². The number of primary amides is 1. The van der Waals surface area contributed by atoms with Gasteiger partial charge in [-0.1, -0.05) is 0 Å². The van der Waals surface area contributed by atoms with Gasteiger partial charge in [-0.3, -0.25) is 10.2 Å². The van der Waals surface area contributed by atoms with E-state index in [4.69, 9.17) is 16.9 Å². The van der Waals surface area contributed by atoms with Crippen molar-refractivity contribution < 1.29 is 4.79 Å². The zero-order valence-corrected chi connectivity index (χ0v) is 8.27. The van der Waals surface area contributed by atoms with Gasteiger partial charge in [0.2, 0.25) is 5.91 Å². The minimum absolute atomic E-state index is 0. The minimum Gasteiger partial charge on any atom is -0.387 e. The Bertz CT molecular complexity index is 178. The quantitative estimate of drug-likeness (QED) is 0.456. The predicted molar refractivity (Wildman–Crippen MR) is 53.8 cm³/mol. The second-order valence-electron chi connectivity index (χ2n) is 3.41. The molecule has 0 bridgehead atoms. The van der Waals surface area contributed by atoms with E-state index in [-0.39, 0.29) is 36.0 Å². The van der Waals surface area contributed by atoms with Crippen LogP contribution in [0.4, 0.5) is 0 Å². The third-order valence-corrected chi connectivity index (χ3v) is 2.57. The van der Waals surface area contributed by atoms with Crippen molar-refractivity contribution in [2.24, 2.45) is 23.3 Å². The highest BCUT2D eigenvalue weighted by Gasteiger charge is 2.25. The number of halogens is 1. The Kier molecular flexibility index (Phi) is 4.77. The van der Waals surface area contributed by atoms with E-state index < -0.39 is 0 Å². The van der Waals surface area contributed by atoms with Crippen molar-refractivity contribution in [2.75, 3.05) is 0 Å². The summed E-state index contributed by atoms with van der Waals surface area (Å²) in [6.07, 6.45) is 3.26. The molecule has 13 heavy (non-hydrogen) atoms. The lowest BCUT2D eigenvalue weighted by Gasteiger charge is -2.25. The van der Waals surface area contributed by atoms with Gasteiger partial charge >= 0.3 is 0 Å². The van der Waals surface area contributed by atoms with E-state index in [1.54, 1.807) is 0 Å². The van der Waals surface area contributed by atoms with Crippen molar-refractivity contribution in [3.05, 3.63) is 0 Å². The molecular weight excluding hydrogens is 190 g/mol. The number of amidine groups is 1. The highest BCUT2D eigenvalue weighted by Crippen LogP contribution is 2.28.